The summed E-state index contributed by atoms with van der Waals surface area (Å²) in [5.41, 5.74) is 1.47. The summed E-state index contributed by atoms with van der Waals surface area (Å²) in [5, 5.41) is 0. The van der Waals surface area contributed by atoms with Gasteiger partial charge in [0.1, 0.15) is 5.75 Å². The van der Waals surface area contributed by atoms with Gasteiger partial charge >= 0.3 is 12.5 Å². The highest BCUT2D eigenvalue weighted by Gasteiger charge is 2.44. The Labute approximate surface area is 179 Å². The summed E-state index contributed by atoms with van der Waals surface area (Å²) >= 11 is 0. The molecule has 2 aliphatic rings. The molecule has 0 N–H and O–H groups in total. The number of ether oxygens (including phenoxy) is 1. The van der Waals surface area contributed by atoms with Crippen LogP contribution in [0.15, 0.2) is 54.6 Å². The number of nitrogens with zero attached hydrogens (tertiary/aromatic N) is 1. The number of Topliss-reactive ketones (excluding diaryl/α,β-unsaturated/α-hetero) is 1. The average Bonchev–Trinajstić information content (AvgIpc) is 2.73. The van der Waals surface area contributed by atoms with Crippen molar-refractivity contribution in [2.24, 2.45) is 5.92 Å². The number of halogens is 4. The summed E-state index contributed by atoms with van der Waals surface area (Å²) in [6, 6.07) is 16.0. The molecule has 166 valence electrons. The van der Waals surface area contributed by atoms with Crippen molar-refractivity contribution in [2.45, 2.75) is 63.3 Å². The van der Waals surface area contributed by atoms with Crippen LogP contribution in [-0.4, -0.2) is 35.3 Å². The Morgan fingerprint density at radius 3 is 2.35 bits per heavy atom. The molecule has 2 fully saturated rings. The molecule has 2 aliphatic heterocycles. The number of carbonyl (C=O) groups excluding carboxylic acids is 1. The number of rotatable bonds is 7. The lowest BCUT2D eigenvalue weighted by Crippen LogP contribution is -2.52. The van der Waals surface area contributed by atoms with E-state index in [2.05, 4.69) is 21.8 Å². The molecular weight excluding hydrogens is 410 g/mol. The molecule has 7 heteroatoms. The predicted octanol–water partition coefficient (Wildman–Crippen LogP) is 5.94. The van der Waals surface area contributed by atoms with Crippen LogP contribution < -0.4 is 4.74 Å². The van der Waals surface area contributed by atoms with Gasteiger partial charge in [0.15, 0.2) is 5.78 Å². The molecule has 0 saturated carbocycles. The molecule has 0 spiro atoms. The number of piperidine rings is 2. The van der Waals surface area contributed by atoms with Crippen molar-refractivity contribution in [3.05, 3.63) is 65.7 Å². The molecular formula is C24H25F4NO2. The van der Waals surface area contributed by atoms with Gasteiger partial charge in [-0.2, -0.15) is 17.6 Å². The number of hydrogen-bond donors (Lipinski definition) is 0. The van der Waals surface area contributed by atoms with Gasteiger partial charge < -0.3 is 4.74 Å². The van der Waals surface area contributed by atoms with Crippen LogP contribution in [0.2, 0.25) is 0 Å². The van der Waals surface area contributed by atoms with Crippen molar-refractivity contribution >= 4 is 5.78 Å². The van der Waals surface area contributed by atoms with E-state index in [0.717, 1.165) is 37.9 Å². The summed E-state index contributed by atoms with van der Waals surface area (Å²) in [6.45, 7) is 0.850. The topological polar surface area (TPSA) is 29.5 Å². The van der Waals surface area contributed by atoms with Crippen LogP contribution in [0.1, 0.15) is 48.0 Å². The van der Waals surface area contributed by atoms with Crippen LogP contribution in [0.5, 0.6) is 5.75 Å². The molecule has 0 radical (unpaired) electrons. The van der Waals surface area contributed by atoms with Gasteiger partial charge in [0.2, 0.25) is 0 Å². The molecule has 0 amide bonds. The second-order valence-corrected chi connectivity index (χ2v) is 8.42. The predicted molar refractivity (Wildman–Crippen MR) is 108 cm³/mol. The van der Waals surface area contributed by atoms with Crippen molar-refractivity contribution in [3.63, 3.8) is 0 Å². The summed E-state index contributed by atoms with van der Waals surface area (Å²) < 4.78 is 55.5. The van der Waals surface area contributed by atoms with Crippen molar-refractivity contribution in [3.8, 4) is 5.75 Å². The Balaban J connectivity index is 1.46. The van der Waals surface area contributed by atoms with E-state index in [9.17, 15) is 22.4 Å². The van der Waals surface area contributed by atoms with E-state index in [4.69, 9.17) is 0 Å². The number of ketones is 1. The monoisotopic (exact) mass is 435 g/mol. The Morgan fingerprint density at radius 2 is 1.71 bits per heavy atom. The lowest BCUT2D eigenvalue weighted by molar-refractivity contribution is -0.253. The molecule has 0 aliphatic carbocycles. The lowest BCUT2D eigenvalue weighted by atomic mass is 9.75. The van der Waals surface area contributed by atoms with Gasteiger partial charge in [-0.05, 0) is 43.4 Å². The quantitative estimate of drug-likeness (QED) is 0.398. The number of benzene rings is 2. The summed E-state index contributed by atoms with van der Waals surface area (Å²) in [5.74, 6) is -0.784. The van der Waals surface area contributed by atoms with Crippen LogP contribution >= 0.6 is 0 Å². The van der Waals surface area contributed by atoms with Gasteiger partial charge in [0.05, 0.1) is 0 Å². The zero-order chi connectivity index (χ0) is 22.0. The Bertz CT molecular complexity index is 891. The van der Waals surface area contributed by atoms with Crippen LogP contribution in [0.4, 0.5) is 17.6 Å². The van der Waals surface area contributed by atoms with Gasteiger partial charge in [-0.3, -0.25) is 9.69 Å². The van der Waals surface area contributed by atoms with E-state index in [-0.39, 0.29) is 17.3 Å². The molecule has 2 aromatic rings. The normalized spacial score (nSPS) is 24.2. The molecule has 2 unspecified atom stereocenters. The highest BCUT2D eigenvalue weighted by Crippen LogP contribution is 2.39. The molecule has 2 heterocycles. The SMILES string of the molecule is O=C(c1cccc(OC(F)(F)C(F)F)c1)C1CC2CCCC(C1)N2Cc1ccccc1. The molecule has 2 aromatic carbocycles. The molecule has 31 heavy (non-hydrogen) atoms. The fourth-order valence-electron chi connectivity index (χ4n) is 4.90. The number of carbonyl (C=O) groups is 1. The second kappa shape index (κ2) is 8.99. The van der Waals surface area contributed by atoms with Crippen LogP contribution in [-0.2, 0) is 6.54 Å². The fourth-order valence-corrected chi connectivity index (χ4v) is 4.90. The van der Waals surface area contributed by atoms with Gasteiger partial charge in [-0.1, -0.05) is 48.9 Å². The highest BCUT2D eigenvalue weighted by atomic mass is 19.3. The van der Waals surface area contributed by atoms with Crippen LogP contribution in [0.25, 0.3) is 0 Å². The van der Waals surface area contributed by atoms with Crippen molar-refractivity contribution in [2.75, 3.05) is 0 Å². The maximum Gasteiger partial charge on any atom is 0.461 e. The first kappa shape index (κ1) is 21.8. The summed E-state index contributed by atoms with van der Waals surface area (Å²) in [4.78, 5) is 15.6. The van der Waals surface area contributed by atoms with Crippen molar-refractivity contribution < 1.29 is 27.1 Å². The molecule has 4 rings (SSSR count). The van der Waals surface area contributed by atoms with E-state index in [1.165, 1.54) is 17.7 Å². The Morgan fingerprint density at radius 1 is 1.03 bits per heavy atom. The van der Waals surface area contributed by atoms with E-state index < -0.39 is 18.3 Å². The molecule has 2 saturated heterocycles. The maximum atomic E-state index is 13.2. The van der Waals surface area contributed by atoms with Crippen LogP contribution in [0.3, 0.4) is 0 Å². The van der Waals surface area contributed by atoms with Crippen molar-refractivity contribution in [1.29, 1.82) is 0 Å². The third kappa shape index (κ3) is 4.92. The lowest BCUT2D eigenvalue weighted by Gasteiger charge is -2.48. The van der Waals surface area contributed by atoms with Crippen molar-refractivity contribution in [1.82, 2.24) is 4.90 Å². The third-order valence-electron chi connectivity index (χ3n) is 6.33. The Kier molecular flexibility index (Phi) is 6.32. The van der Waals surface area contributed by atoms with Gasteiger partial charge in [-0.15, -0.1) is 0 Å². The second-order valence-electron chi connectivity index (χ2n) is 8.42. The van der Waals surface area contributed by atoms with E-state index in [0.29, 0.717) is 24.9 Å². The zero-order valence-corrected chi connectivity index (χ0v) is 17.0. The van der Waals surface area contributed by atoms with Crippen LogP contribution in [0, 0.1) is 5.92 Å². The first-order valence-electron chi connectivity index (χ1n) is 10.6. The van der Waals surface area contributed by atoms with Gasteiger partial charge in [-0.25, -0.2) is 0 Å². The minimum Gasteiger partial charge on any atom is -0.428 e. The minimum atomic E-state index is -4.60. The molecule has 3 nitrogen and oxygen atoms in total. The van der Waals surface area contributed by atoms with E-state index in [1.807, 2.05) is 18.2 Å². The smallest absolute Gasteiger partial charge is 0.428 e. The average molecular weight is 435 g/mol. The van der Waals surface area contributed by atoms with Gasteiger partial charge in [0, 0.05) is 30.1 Å². The standard InChI is InChI=1S/C24H25F4NO2/c25-23(26)24(27,28)31-21-11-4-8-17(14-21)22(30)18-12-19-9-5-10-20(13-18)29(19)15-16-6-2-1-3-7-16/h1-4,6-8,11,14,18-20,23H,5,9-10,12-13,15H2. The molecule has 2 atom stereocenters. The highest BCUT2D eigenvalue weighted by molar-refractivity contribution is 5.98. The number of alkyl halides is 4. The number of hydrogen-bond acceptors (Lipinski definition) is 3. The third-order valence-corrected chi connectivity index (χ3v) is 6.33. The summed E-state index contributed by atoms with van der Waals surface area (Å²) in [6.07, 6.45) is -3.94. The fraction of sp³-hybridized carbons (Fsp3) is 0.458. The summed E-state index contributed by atoms with van der Waals surface area (Å²) in [7, 11) is 0. The van der Waals surface area contributed by atoms with Gasteiger partial charge in [0.25, 0.3) is 0 Å². The Hall–Kier alpha value is -2.41. The number of fused-ring (bicyclic) bond motifs is 2. The van der Waals surface area contributed by atoms with E-state index >= 15 is 0 Å². The minimum absolute atomic E-state index is 0.137. The largest absolute Gasteiger partial charge is 0.461 e. The molecule has 2 bridgehead atoms. The molecule has 0 aromatic heterocycles. The zero-order valence-electron chi connectivity index (χ0n) is 17.0. The first-order valence-corrected chi connectivity index (χ1v) is 10.6. The first-order chi connectivity index (χ1) is 14.8. The maximum absolute atomic E-state index is 13.2. The van der Waals surface area contributed by atoms with E-state index in [1.54, 1.807) is 0 Å².